The van der Waals surface area contributed by atoms with E-state index in [4.69, 9.17) is 0 Å². The maximum absolute atomic E-state index is 2.55. The minimum absolute atomic E-state index is 0.694. The maximum atomic E-state index is 2.55. The largest absolute Gasteiger partial charge is 0.300 e. The van der Waals surface area contributed by atoms with Gasteiger partial charge < -0.3 is 4.90 Å². The molecule has 1 unspecified atom stereocenters. The van der Waals surface area contributed by atoms with Crippen molar-refractivity contribution in [1.82, 2.24) is 4.90 Å². The zero-order valence-electron chi connectivity index (χ0n) is 12.4. The molecule has 0 aromatic rings. The highest BCUT2D eigenvalue weighted by atomic mass is 15.2. The van der Waals surface area contributed by atoms with Crippen molar-refractivity contribution < 1.29 is 0 Å². The highest BCUT2D eigenvalue weighted by molar-refractivity contribution is 5.09. The second-order valence-electron chi connectivity index (χ2n) is 3.71. The van der Waals surface area contributed by atoms with E-state index in [1.54, 1.807) is 0 Å². The SMILES string of the molecule is CC.CC.CC.CC1CCN(C)C12CC2. The fourth-order valence-corrected chi connectivity index (χ4v) is 2.26. The number of rotatable bonds is 0. The van der Waals surface area contributed by atoms with Crippen molar-refractivity contribution in [3.63, 3.8) is 0 Å². The summed E-state index contributed by atoms with van der Waals surface area (Å²) >= 11 is 0. The first-order valence-corrected chi connectivity index (χ1v) is 6.97. The maximum Gasteiger partial charge on any atom is 0.0233 e. The topological polar surface area (TPSA) is 3.24 Å². The Hall–Kier alpha value is -0.0400. The molecule has 2 rings (SSSR count). The van der Waals surface area contributed by atoms with E-state index < -0.39 is 0 Å². The van der Waals surface area contributed by atoms with Crippen LogP contribution in [-0.4, -0.2) is 24.0 Å². The molecule has 2 aliphatic rings. The summed E-state index contributed by atoms with van der Waals surface area (Å²) in [7, 11) is 2.27. The Bertz CT molecular complexity index is 115. The third-order valence-electron chi connectivity index (χ3n) is 3.34. The molecule has 1 spiro atoms. The first kappa shape index (κ1) is 17.4. The lowest BCUT2D eigenvalue weighted by Crippen LogP contribution is -2.30. The van der Waals surface area contributed by atoms with Gasteiger partial charge in [-0.25, -0.2) is 0 Å². The first-order valence-electron chi connectivity index (χ1n) is 6.97. The van der Waals surface area contributed by atoms with Crippen LogP contribution in [-0.2, 0) is 0 Å². The van der Waals surface area contributed by atoms with Gasteiger partial charge in [0.15, 0.2) is 0 Å². The fourth-order valence-electron chi connectivity index (χ4n) is 2.26. The molecule has 1 saturated heterocycles. The van der Waals surface area contributed by atoms with Gasteiger partial charge in [-0.15, -0.1) is 0 Å². The van der Waals surface area contributed by atoms with Crippen molar-refractivity contribution in [2.45, 2.75) is 73.3 Å². The Morgan fingerprint density at radius 1 is 0.933 bits per heavy atom. The van der Waals surface area contributed by atoms with E-state index in [0.29, 0.717) is 5.54 Å². The summed E-state index contributed by atoms with van der Waals surface area (Å²) in [4.78, 5) is 2.55. The third kappa shape index (κ3) is 4.14. The van der Waals surface area contributed by atoms with E-state index in [9.17, 15) is 0 Å². The molecule has 0 N–H and O–H groups in total. The van der Waals surface area contributed by atoms with Crippen molar-refractivity contribution in [2.24, 2.45) is 5.92 Å². The van der Waals surface area contributed by atoms with Gasteiger partial charge in [-0.2, -0.15) is 0 Å². The van der Waals surface area contributed by atoms with Crippen LogP contribution in [0.5, 0.6) is 0 Å². The quantitative estimate of drug-likeness (QED) is 0.572. The molecular formula is C14H33N. The average Bonchev–Trinajstić information content (AvgIpc) is 3.10. The number of nitrogens with zero attached hydrogens (tertiary/aromatic N) is 1. The molecule has 1 aliphatic heterocycles. The second-order valence-corrected chi connectivity index (χ2v) is 3.71. The molecule has 0 radical (unpaired) electrons. The predicted molar refractivity (Wildman–Crippen MR) is 72.4 cm³/mol. The van der Waals surface area contributed by atoms with Crippen LogP contribution in [0, 0.1) is 5.92 Å². The monoisotopic (exact) mass is 215 g/mol. The highest BCUT2D eigenvalue weighted by Gasteiger charge is 2.53. The smallest absolute Gasteiger partial charge is 0.0233 e. The van der Waals surface area contributed by atoms with Crippen molar-refractivity contribution >= 4 is 0 Å². The highest BCUT2D eigenvalue weighted by Crippen LogP contribution is 2.51. The lowest BCUT2D eigenvalue weighted by molar-refractivity contribution is 0.257. The lowest BCUT2D eigenvalue weighted by atomic mass is 10.0. The van der Waals surface area contributed by atoms with Gasteiger partial charge in [-0.3, -0.25) is 0 Å². The lowest BCUT2D eigenvalue weighted by Gasteiger charge is -2.21. The Balaban J connectivity index is 0. The molecule has 1 nitrogen and oxygen atoms in total. The summed E-state index contributed by atoms with van der Waals surface area (Å²) in [6.07, 6.45) is 4.35. The van der Waals surface area contributed by atoms with Crippen LogP contribution < -0.4 is 0 Å². The summed E-state index contributed by atoms with van der Waals surface area (Å²) in [6, 6.07) is 0. The van der Waals surface area contributed by atoms with E-state index in [0.717, 1.165) is 5.92 Å². The molecule has 15 heavy (non-hydrogen) atoms. The molecule has 1 aliphatic carbocycles. The molecule has 1 heteroatoms. The number of hydrogen-bond donors (Lipinski definition) is 0. The Kier molecular flexibility index (Phi) is 10.7. The van der Waals surface area contributed by atoms with E-state index in [2.05, 4.69) is 18.9 Å². The number of hydrogen-bond acceptors (Lipinski definition) is 1. The second kappa shape index (κ2) is 9.21. The van der Waals surface area contributed by atoms with Gasteiger partial charge in [0.05, 0.1) is 0 Å². The summed E-state index contributed by atoms with van der Waals surface area (Å²) in [5.74, 6) is 0.975. The summed E-state index contributed by atoms with van der Waals surface area (Å²) < 4.78 is 0. The number of likely N-dealkylation sites (tertiary alicyclic amines) is 1. The third-order valence-corrected chi connectivity index (χ3v) is 3.34. The molecular weight excluding hydrogens is 182 g/mol. The van der Waals surface area contributed by atoms with Gasteiger partial charge in [-0.05, 0) is 38.8 Å². The van der Waals surface area contributed by atoms with Gasteiger partial charge in [0.1, 0.15) is 0 Å². The minimum Gasteiger partial charge on any atom is -0.300 e. The summed E-state index contributed by atoms with van der Waals surface area (Å²) in [6.45, 7) is 15.7. The van der Waals surface area contributed by atoms with Crippen LogP contribution >= 0.6 is 0 Å². The van der Waals surface area contributed by atoms with Crippen molar-refractivity contribution in [3.05, 3.63) is 0 Å². The van der Waals surface area contributed by atoms with Gasteiger partial charge in [0, 0.05) is 5.54 Å². The zero-order valence-corrected chi connectivity index (χ0v) is 12.4. The van der Waals surface area contributed by atoms with E-state index in [1.807, 2.05) is 41.5 Å². The molecule has 94 valence electrons. The van der Waals surface area contributed by atoms with Crippen LogP contribution in [0.2, 0.25) is 0 Å². The minimum atomic E-state index is 0.694. The summed E-state index contributed by atoms with van der Waals surface area (Å²) in [5.41, 5.74) is 0.694. The molecule has 0 aromatic heterocycles. The van der Waals surface area contributed by atoms with Crippen molar-refractivity contribution in [3.8, 4) is 0 Å². The van der Waals surface area contributed by atoms with Crippen LogP contribution in [0.25, 0.3) is 0 Å². The van der Waals surface area contributed by atoms with Crippen molar-refractivity contribution in [2.75, 3.05) is 13.6 Å². The van der Waals surface area contributed by atoms with Gasteiger partial charge in [0.25, 0.3) is 0 Å². The van der Waals surface area contributed by atoms with E-state index in [-0.39, 0.29) is 0 Å². The van der Waals surface area contributed by atoms with Crippen LogP contribution in [0.3, 0.4) is 0 Å². The van der Waals surface area contributed by atoms with Crippen LogP contribution in [0.1, 0.15) is 67.7 Å². The molecule has 0 bridgehead atoms. The van der Waals surface area contributed by atoms with Crippen LogP contribution in [0.15, 0.2) is 0 Å². The Labute approximate surface area is 98.2 Å². The Morgan fingerprint density at radius 2 is 1.33 bits per heavy atom. The first-order chi connectivity index (χ1) is 7.26. The van der Waals surface area contributed by atoms with Gasteiger partial charge >= 0.3 is 0 Å². The average molecular weight is 215 g/mol. The fraction of sp³-hybridized carbons (Fsp3) is 1.00. The molecule has 2 fully saturated rings. The summed E-state index contributed by atoms with van der Waals surface area (Å²) in [5, 5.41) is 0. The van der Waals surface area contributed by atoms with Gasteiger partial charge in [0.2, 0.25) is 0 Å². The normalized spacial score (nSPS) is 25.2. The molecule has 1 saturated carbocycles. The molecule has 1 heterocycles. The van der Waals surface area contributed by atoms with E-state index >= 15 is 0 Å². The molecule has 0 amide bonds. The van der Waals surface area contributed by atoms with Crippen molar-refractivity contribution in [1.29, 1.82) is 0 Å². The van der Waals surface area contributed by atoms with E-state index in [1.165, 1.54) is 25.8 Å². The molecule has 0 aromatic carbocycles. The zero-order chi connectivity index (χ0) is 12.5. The predicted octanol–water partition coefficient (Wildman–Crippen LogP) is 4.57. The molecule has 1 atom stereocenters. The standard InChI is InChI=1S/C8H15N.3C2H6/c1-7-3-6-9(2)8(7)4-5-8;3*1-2/h7H,3-6H2,1-2H3;3*1-2H3. The van der Waals surface area contributed by atoms with Crippen LogP contribution in [0.4, 0.5) is 0 Å². The van der Waals surface area contributed by atoms with Gasteiger partial charge in [-0.1, -0.05) is 48.5 Å². The Morgan fingerprint density at radius 3 is 1.47 bits per heavy atom.